The molecule has 6 aromatic carbocycles. The summed E-state index contributed by atoms with van der Waals surface area (Å²) in [6.45, 7) is 2.55. The van der Waals surface area contributed by atoms with Gasteiger partial charge in [0.25, 0.3) is 0 Å². The number of aryl methyl sites for hydroxylation is 1. The quantitative estimate of drug-likeness (QED) is 0.164. The van der Waals surface area contributed by atoms with Gasteiger partial charge in [-0.3, -0.25) is 0 Å². The summed E-state index contributed by atoms with van der Waals surface area (Å²) >= 11 is 0. The van der Waals surface area contributed by atoms with Crippen LogP contribution < -0.4 is 21.6 Å². The number of rotatable bonds is 10. The Labute approximate surface area is 282 Å². The molecule has 0 bridgehead atoms. The van der Waals surface area contributed by atoms with Crippen LogP contribution in [0, 0.1) is 0 Å². The van der Waals surface area contributed by atoms with Gasteiger partial charge in [0, 0.05) is 12.4 Å². The molecule has 0 fully saturated rings. The van der Waals surface area contributed by atoms with Crippen molar-refractivity contribution < 1.29 is 0 Å². The van der Waals surface area contributed by atoms with Crippen LogP contribution in [0.25, 0.3) is 0 Å². The molecule has 1 aromatic heterocycles. The Bertz CT molecular complexity index is 1760. The van der Waals surface area contributed by atoms with E-state index < -0.39 is 9.52 Å². The summed E-state index contributed by atoms with van der Waals surface area (Å²) in [7, 11) is -0.785. The van der Waals surface area contributed by atoms with Gasteiger partial charge in [0.1, 0.15) is 0 Å². The third-order valence-corrected chi connectivity index (χ3v) is 11.4. The highest BCUT2D eigenvalue weighted by molar-refractivity contribution is 6.95. The fourth-order valence-corrected chi connectivity index (χ4v) is 9.12. The van der Waals surface area contributed by atoms with Crippen molar-refractivity contribution in [3.05, 3.63) is 211 Å². The van der Waals surface area contributed by atoms with E-state index in [0.717, 1.165) is 6.42 Å². The number of hydrogen-bond donors (Lipinski definition) is 0. The second-order valence-electron chi connectivity index (χ2n) is 12.0. The van der Waals surface area contributed by atoms with Gasteiger partial charge < -0.3 is 4.57 Å². The number of aromatic nitrogens is 2. The molecule has 230 valence electrons. The lowest BCUT2D eigenvalue weighted by Crippen LogP contribution is -2.51. The molecule has 47 heavy (non-hydrogen) atoms. The van der Waals surface area contributed by atoms with Crippen LogP contribution in [0.4, 0.5) is 0 Å². The van der Waals surface area contributed by atoms with Crippen molar-refractivity contribution in [1.29, 1.82) is 0 Å². The second kappa shape index (κ2) is 15.9. The van der Waals surface area contributed by atoms with E-state index in [0.29, 0.717) is 6.71 Å². The number of hydrogen-bond acceptors (Lipinski definition) is 1. The Morgan fingerprint density at radius 1 is 0.574 bits per heavy atom. The highest BCUT2D eigenvalue weighted by atomic mass is 28.2. The smallest absolute Gasteiger partial charge is 0.241 e. The average molecular weight is 625 g/mol. The third-order valence-electron chi connectivity index (χ3n) is 8.84. The van der Waals surface area contributed by atoms with Crippen molar-refractivity contribution in [2.75, 3.05) is 0 Å². The number of benzene rings is 6. The molecule has 7 aromatic rings. The molecule has 0 aliphatic rings. The normalized spacial score (nSPS) is 11.2. The van der Waals surface area contributed by atoms with Crippen molar-refractivity contribution in [3.63, 3.8) is 0 Å². The summed E-state index contributed by atoms with van der Waals surface area (Å²) in [5, 5.41) is 1.27. The van der Waals surface area contributed by atoms with Gasteiger partial charge in [0.15, 0.2) is 0 Å². The zero-order valence-electron chi connectivity index (χ0n) is 27.1. The summed E-state index contributed by atoms with van der Waals surface area (Å²) < 4.78 is 2.32. The predicted octanol–water partition coefficient (Wildman–Crippen LogP) is 6.28. The number of imidazole rings is 1. The van der Waals surface area contributed by atoms with Gasteiger partial charge in [-0.25, -0.2) is 4.98 Å². The second-order valence-corrected chi connectivity index (χ2v) is 14.2. The monoisotopic (exact) mass is 624 g/mol. The Morgan fingerprint density at radius 2 is 1.04 bits per heavy atom. The minimum absolute atomic E-state index is 0.205. The fraction of sp³-hybridized carbons (Fsp3) is 0.0930. The maximum absolute atomic E-state index is 4.41. The number of nitrogens with zero attached hydrogens (tertiary/aromatic N) is 2. The van der Waals surface area contributed by atoms with Crippen molar-refractivity contribution >= 4 is 37.8 Å². The first-order valence-electron chi connectivity index (χ1n) is 16.6. The maximum atomic E-state index is 4.41. The maximum Gasteiger partial charge on any atom is 0.241 e. The first-order valence-corrected chi connectivity index (χ1v) is 18.0. The summed E-state index contributed by atoms with van der Waals surface area (Å²) in [5.41, 5.74) is 8.09. The van der Waals surface area contributed by atoms with Crippen LogP contribution in [0.1, 0.15) is 30.0 Å². The molecule has 1 heterocycles. The molecule has 7 rings (SSSR count). The Balaban J connectivity index is 0.000000177. The lowest BCUT2D eigenvalue weighted by atomic mass is 9.37. The summed E-state index contributed by atoms with van der Waals surface area (Å²) in [4.78, 5) is 4.41. The molecule has 0 atom stereocenters. The highest BCUT2D eigenvalue weighted by Crippen LogP contribution is 2.33. The molecule has 0 unspecified atom stereocenters. The van der Waals surface area contributed by atoms with Gasteiger partial charge in [0.05, 0.1) is 21.0 Å². The van der Waals surface area contributed by atoms with Crippen LogP contribution in [0.2, 0.25) is 0 Å². The summed E-state index contributed by atoms with van der Waals surface area (Å²) in [5.74, 6) is 0. The van der Waals surface area contributed by atoms with E-state index in [2.05, 4.69) is 199 Å². The third kappa shape index (κ3) is 7.62. The SMILES string of the molecule is CCCc1cccc([SiH2]C(c2ccccc2)(c2ccccc2)n2ccnc2)c1.c1ccc(B(c2ccccc2)c2ccccc2)cc1. The molecule has 0 saturated heterocycles. The van der Waals surface area contributed by atoms with Gasteiger partial charge >= 0.3 is 0 Å². The van der Waals surface area contributed by atoms with E-state index in [1.165, 1.54) is 44.7 Å². The Kier molecular flexibility index (Phi) is 10.7. The van der Waals surface area contributed by atoms with E-state index in [1.54, 1.807) is 0 Å². The molecule has 0 aliphatic heterocycles. The lowest BCUT2D eigenvalue weighted by Gasteiger charge is -2.37. The minimum atomic E-state index is -0.785. The zero-order valence-corrected chi connectivity index (χ0v) is 28.5. The molecular weight excluding hydrogens is 583 g/mol. The summed E-state index contributed by atoms with van der Waals surface area (Å²) in [6, 6.07) is 63.0. The van der Waals surface area contributed by atoms with E-state index in [9.17, 15) is 0 Å². The lowest BCUT2D eigenvalue weighted by molar-refractivity contribution is 0.596. The minimum Gasteiger partial charge on any atom is -0.326 e. The molecule has 0 spiro atoms. The van der Waals surface area contributed by atoms with Gasteiger partial charge in [-0.15, -0.1) is 0 Å². The zero-order chi connectivity index (χ0) is 32.2. The molecule has 0 N–H and O–H groups in total. The average Bonchev–Trinajstić information content (AvgIpc) is 3.69. The van der Waals surface area contributed by atoms with Crippen LogP contribution in [0.3, 0.4) is 0 Å². The molecule has 0 saturated carbocycles. The van der Waals surface area contributed by atoms with Gasteiger partial charge in [-0.2, -0.15) is 0 Å². The standard InChI is InChI=1S/C25H26N2Si.C18H15B/c1-2-10-21-11-9-16-24(19-21)28-25(27-18-17-26-20-27,22-12-5-3-6-13-22)23-14-7-4-8-15-23;1-4-10-16(11-5-1)19(17-12-6-2-7-13-17)18-14-8-3-9-15-18/h3-9,11-20H,2,10,28H2,1H3;1-15H. The highest BCUT2D eigenvalue weighted by Gasteiger charge is 2.36. The van der Waals surface area contributed by atoms with Crippen molar-refractivity contribution in [2.24, 2.45) is 0 Å². The topological polar surface area (TPSA) is 17.8 Å². The van der Waals surface area contributed by atoms with Gasteiger partial charge in [-0.05, 0) is 23.1 Å². The molecule has 0 radical (unpaired) electrons. The van der Waals surface area contributed by atoms with E-state index >= 15 is 0 Å². The van der Waals surface area contributed by atoms with Crippen LogP contribution in [0.5, 0.6) is 0 Å². The van der Waals surface area contributed by atoms with Crippen LogP contribution in [0.15, 0.2) is 195 Å². The Morgan fingerprint density at radius 3 is 1.47 bits per heavy atom. The van der Waals surface area contributed by atoms with Crippen molar-refractivity contribution in [2.45, 2.75) is 24.9 Å². The van der Waals surface area contributed by atoms with Crippen LogP contribution in [-0.4, -0.2) is 25.8 Å². The Hall–Kier alpha value is -5.19. The van der Waals surface area contributed by atoms with Gasteiger partial charge in [0.2, 0.25) is 6.71 Å². The molecular formula is C43H41BN2Si. The van der Waals surface area contributed by atoms with Crippen molar-refractivity contribution in [3.8, 4) is 0 Å². The predicted molar refractivity (Wildman–Crippen MR) is 204 cm³/mol. The van der Waals surface area contributed by atoms with E-state index in [1.807, 2.05) is 12.5 Å². The first-order chi connectivity index (χ1) is 23.3. The van der Waals surface area contributed by atoms with E-state index in [4.69, 9.17) is 0 Å². The van der Waals surface area contributed by atoms with Crippen LogP contribution >= 0.6 is 0 Å². The fourth-order valence-electron chi connectivity index (χ4n) is 6.67. The molecule has 0 aliphatic carbocycles. The van der Waals surface area contributed by atoms with E-state index in [-0.39, 0.29) is 5.16 Å². The molecule has 4 heteroatoms. The largest absolute Gasteiger partial charge is 0.326 e. The molecule has 2 nitrogen and oxygen atoms in total. The van der Waals surface area contributed by atoms with Crippen LogP contribution in [-0.2, 0) is 11.6 Å². The molecule has 0 amide bonds. The first kappa shape index (κ1) is 31.8. The van der Waals surface area contributed by atoms with Crippen molar-refractivity contribution in [1.82, 2.24) is 9.55 Å². The summed E-state index contributed by atoms with van der Waals surface area (Å²) in [6.07, 6.45) is 8.29. The van der Waals surface area contributed by atoms with Gasteiger partial charge in [-0.1, -0.05) is 211 Å².